The Kier molecular flexibility index (Phi) is 3.42. The van der Waals surface area contributed by atoms with Crippen molar-refractivity contribution in [1.29, 1.82) is 0 Å². The monoisotopic (exact) mass is 272 g/mol. The summed E-state index contributed by atoms with van der Waals surface area (Å²) in [4.78, 5) is 3.81. The predicted molar refractivity (Wildman–Crippen MR) is 60.5 cm³/mol. The topological polar surface area (TPSA) is 39.8 Å². The van der Waals surface area contributed by atoms with Gasteiger partial charge in [-0.05, 0) is 0 Å². The molecule has 0 aliphatic heterocycles. The van der Waals surface area contributed by atoms with Crippen LogP contribution in [0.1, 0.15) is 0 Å². The minimum atomic E-state index is -4.46. The number of hydrogen-bond acceptors (Lipinski definition) is 3. The molecule has 3 nitrogen and oxygen atoms in total. The predicted octanol–water partition coefficient (Wildman–Crippen LogP) is 2.99. The molecular weight excluding hydrogens is 265 g/mol. The Morgan fingerprint density at radius 2 is 1.78 bits per heavy atom. The average Bonchev–Trinajstić information content (AvgIpc) is 2.27. The minimum Gasteiger partial charge on any atom is -0.619 e. The molecule has 2 aromatic rings. The number of thioether (sulfide) groups is 1. The Hall–Kier alpha value is -1.76. The van der Waals surface area contributed by atoms with Crippen LogP contribution in [0.15, 0.2) is 47.8 Å². The van der Waals surface area contributed by atoms with E-state index in [1.165, 1.54) is 0 Å². The smallest absolute Gasteiger partial charge is 0.448 e. The largest absolute Gasteiger partial charge is 0.619 e. The van der Waals surface area contributed by atoms with Crippen LogP contribution in [0, 0.1) is 5.21 Å². The van der Waals surface area contributed by atoms with Gasteiger partial charge < -0.3 is 5.21 Å². The molecule has 18 heavy (non-hydrogen) atoms. The Balaban J connectivity index is 2.39. The van der Waals surface area contributed by atoms with Crippen LogP contribution < -0.4 is 4.73 Å². The van der Waals surface area contributed by atoms with Gasteiger partial charge in [-0.25, -0.2) is 4.98 Å². The molecule has 0 spiro atoms. The van der Waals surface area contributed by atoms with Gasteiger partial charge in [-0.15, -0.1) is 0 Å². The van der Waals surface area contributed by atoms with Crippen LogP contribution in [0.5, 0.6) is 0 Å². The molecule has 0 aliphatic carbocycles. The molecule has 0 radical (unpaired) electrons. The van der Waals surface area contributed by atoms with Crippen LogP contribution in [-0.4, -0.2) is 10.5 Å². The highest BCUT2D eigenvalue weighted by atomic mass is 32.2. The molecule has 0 bridgehead atoms. The summed E-state index contributed by atoms with van der Waals surface area (Å²) in [5, 5.41) is 10.9. The zero-order valence-electron chi connectivity index (χ0n) is 8.89. The van der Waals surface area contributed by atoms with Gasteiger partial charge in [-0.1, -0.05) is 30.3 Å². The highest BCUT2D eigenvalue weighted by molar-refractivity contribution is 8.00. The molecule has 1 aromatic carbocycles. The van der Waals surface area contributed by atoms with E-state index < -0.39 is 17.3 Å². The minimum absolute atomic E-state index is 0.208. The molecule has 0 atom stereocenters. The number of nitrogens with zero attached hydrogens (tertiary/aromatic N) is 2. The van der Waals surface area contributed by atoms with Crippen molar-refractivity contribution in [2.75, 3.05) is 0 Å². The van der Waals surface area contributed by atoms with Gasteiger partial charge in [0.1, 0.15) is 5.69 Å². The van der Waals surface area contributed by atoms with Crippen molar-refractivity contribution in [3.63, 3.8) is 0 Å². The summed E-state index contributed by atoms with van der Waals surface area (Å²) >= 11 is -0.408. The second kappa shape index (κ2) is 4.85. The maximum Gasteiger partial charge on any atom is 0.448 e. The molecule has 1 heterocycles. The lowest BCUT2D eigenvalue weighted by Crippen LogP contribution is -2.26. The Bertz CT molecular complexity index is 546. The number of alkyl halides is 3. The van der Waals surface area contributed by atoms with E-state index in [-0.39, 0.29) is 10.7 Å². The van der Waals surface area contributed by atoms with E-state index in [0.717, 1.165) is 12.4 Å². The first-order chi connectivity index (χ1) is 8.44. The lowest BCUT2D eigenvalue weighted by atomic mass is 10.2. The van der Waals surface area contributed by atoms with Crippen molar-refractivity contribution >= 4 is 11.8 Å². The summed E-state index contributed by atoms with van der Waals surface area (Å²) in [6.45, 7) is 0. The first-order valence-electron chi connectivity index (χ1n) is 4.86. The molecule has 0 N–H and O–H groups in total. The highest BCUT2D eigenvalue weighted by Crippen LogP contribution is 2.35. The van der Waals surface area contributed by atoms with Crippen molar-refractivity contribution < 1.29 is 17.9 Å². The quantitative estimate of drug-likeness (QED) is 0.479. The third-order valence-corrected chi connectivity index (χ3v) is 2.64. The van der Waals surface area contributed by atoms with Crippen molar-refractivity contribution in [1.82, 2.24) is 4.98 Å². The fourth-order valence-corrected chi connectivity index (χ4v) is 1.90. The van der Waals surface area contributed by atoms with E-state index in [9.17, 15) is 18.4 Å². The van der Waals surface area contributed by atoms with Crippen molar-refractivity contribution in [3.05, 3.63) is 47.9 Å². The van der Waals surface area contributed by atoms with E-state index >= 15 is 0 Å². The Morgan fingerprint density at radius 1 is 1.11 bits per heavy atom. The highest BCUT2D eigenvalue weighted by Gasteiger charge is 2.31. The molecule has 7 heteroatoms. The Morgan fingerprint density at radius 3 is 2.39 bits per heavy atom. The van der Waals surface area contributed by atoms with Crippen LogP contribution in [0.25, 0.3) is 11.3 Å². The lowest BCUT2D eigenvalue weighted by Gasteiger charge is -2.06. The SMILES string of the molecule is [O-][n+]1cc(SC(F)(F)F)nc(-c2ccccc2)c1. The molecule has 94 valence electrons. The first kappa shape index (κ1) is 12.7. The van der Waals surface area contributed by atoms with Crippen LogP contribution in [0.3, 0.4) is 0 Å². The first-order valence-corrected chi connectivity index (χ1v) is 5.68. The summed E-state index contributed by atoms with van der Waals surface area (Å²) < 4.78 is 37.0. The van der Waals surface area contributed by atoms with E-state index in [1.807, 2.05) is 0 Å². The van der Waals surface area contributed by atoms with E-state index in [4.69, 9.17) is 0 Å². The van der Waals surface area contributed by atoms with E-state index in [0.29, 0.717) is 10.3 Å². The Labute approximate surface area is 105 Å². The van der Waals surface area contributed by atoms with E-state index in [2.05, 4.69) is 4.98 Å². The normalized spacial score (nSPS) is 11.5. The molecule has 0 unspecified atom stereocenters. The molecule has 0 fully saturated rings. The molecule has 0 amide bonds. The molecule has 2 rings (SSSR count). The van der Waals surface area contributed by atoms with Gasteiger partial charge in [-0.2, -0.15) is 17.9 Å². The lowest BCUT2D eigenvalue weighted by molar-refractivity contribution is -0.607. The molecule has 0 saturated heterocycles. The third-order valence-electron chi connectivity index (χ3n) is 2.01. The van der Waals surface area contributed by atoms with Gasteiger partial charge in [0.05, 0.1) is 0 Å². The zero-order chi connectivity index (χ0) is 13.2. The van der Waals surface area contributed by atoms with Crippen LogP contribution in [0.2, 0.25) is 0 Å². The van der Waals surface area contributed by atoms with Gasteiger partial charge in [0.25, 0.3) is 0 Å². The van der Waals surface area contributed by atoms with Crippen molar-refractivity contribution in [2.45, 2.75) is 10.5 Å². The summed E-state index contributed by atoms with van der Waals surface area (Å²) in [6.07, 6.45) is 1.93. The second-order valence-corrected chi connectivity index (χ2v) is 4.45. The number of aromatic nitrogens is 2. The van der Waals surface area contributed by atoms with Crippen LogP contribution in [0.4, 0.5) is 13.2 Å². The summed E-state index contributed by atoms with van der Waals surface area (Å²) in [5.41, 5.74) is -3.67. The van der Waals surface area contributed by atoms with Gasteiger partial charge in [0.2, 0.25) is 12.4 Å². The van der Waals surface area contributed by atoms with E-state index in [1.54, 1.807) is 30.3 Å². The average molecular weight is 272 g/mol. The number of halogens is 3. The third kappa shape index (κ3) is 3.36. The van der Waals surface area contributed by atoms with Crippen LogP contribution >= 0.6 is 11.8 Å². The molecule has 1 aromatic heterocycles. The molecular formula is C11H7F3N2OS. The fourth-order valence-electron chi connectivity index (χ4n) is 1.36. The molecule has 0 saturated carbocycles. The van der Waals surface area contributed by atoms with Gasteiger partial charge in [-0.3, -0.25) is 0 Å². The van der Waals surface area contributed by atoms with Crippen LogP contribution in [-0.2, 0) is 0 Å². The fraction of sp³-hybridized carbons (Fsp3) is 0.0909. The number of benzene rings is 1. The maximum atomic E-state index is 12.2. The molecule has 0 aliphatic rings. The maximum absolute atomic E-state index is 12.2. The summed E-state index contributed by atoms with van der Waals surface area (Å²) in [5.74, 6) is 0. The van der Waals surface area contributed by atoms with Crippen molar-refractivity contribution in [2.24, 2.45) is 0 Å². The van der Waals surface area contributed by atoms with Gasteiger partial charge >= 0.3 is 5.51 Å². The second-order valence-electron chi connectivity index (χ2n) is 3.37. The number of hydrogen-bond donors (Lipinski definition) is 0. The standard InChI is InChI=1S/C11H7F3N2OS/c12-11(13,14)18-10-7-16(17)6-9(15-10)8-4-2-1-3-5-8/h1-7H. The summed E-state index contributed by atoms with van der Waals surface area (Å²) in [6, 6.07) is 8.54. The van der Waals surface area contributed by atoms with Gasteiger partial charge in [0.15, 0.2) is 5.03 Å². The van der Waals surface area contributed by atoms with Gasteiger partial charge in [0, 0.05) is 17.3 Å². The number of rotatable bonds is 2. The summed E-state index contributed by atoms with van der Waals surface area (Å²) in [7, 11) is 0. The van der Waals surface area contributed by atoms with Crippen molar-refractivity contribution in [3.8, 4) is 11.3 Å². The zero-order valence-corrected chi connectivity index (χ0v) is 9.70.